The van der Waals surface area contributed by atoms with Gasteiger partial charge in [0.25, 0.3) is 0 Å². The summed E-state index contributed by atoms with van der Waals surface area (Å²) >= 11 is 0. The molecular weight excluding hydrogens is 513 g/mol. The first-order valence-corrected chi connectivity index (χ1v) is 16.7. The summed E-state index contributed by atoms with van der Waals surface area (Å²) in [6, 6.07) is 44.7. The average molecular weight is 547 g/mol. The third-order valence-electron chi connectivity index (χ3n) is 9.32. The smallest absolute Gasteiger partial charge is 0.140 e. The molecule has 0 fully saturated rings. The maximum atomic E-state index is 6.26. The molecule has 1 nitrogen and oxygen atoms in total. The van der Waals surface area contributed by atoms with Crippen molar-refractivity contribution in [3.05, 3.63) is 167 Å². The van der Waals surface area contributed by atoms with Crippen molar-refractivity contribution in [1.82, 2.24) is 0 Å². The van der Waals surface area contributed by atoms with E-state index in [2.05, 4.69) is 148 Å². The van der Waals surface area contributed by atoms with E-state index in [1.54, 1.807) is 0 Å². The Kier molecular flexibility index (Phi) is 6.36. The summed E-state index contributed by atoms with van der Waals surface area (Å²) in [7, 11) is -2.70. The van der Waals surface area contributed by atoms with Gasteiger partial charge in [-0.05, 0) is 61.2 Å². The summed E-state index contributed by atoms with van der Waals surface area (Å²) in [5.74, 6) is 0.965. The molecule has 2 heteroatoms. The van der Waals surface area contributed by atoms with Crippen LogP contribution in [0.1, 0.15) is 43.2 Å². The van der Waals surface area contributed by atoms with Gasteiger partial charge in [0.2, 0.25) is 0 Å². The first kappa shape index (κ1) is 25.6. The van der Waals surface area contributed by atoms with Gasteiger partial charge in [0.05, 0.1) is 6.26 Å². The van der Waals surface area contributed by atoms with Crippen LogP contribution in [-0.2, 0) is 0 Å². The first-order valence-electron chi connectivity index (χ1n) is 14.5. The van der Waals surface area contributed by atoms with E-state index < -0.39 is 8.07 Å². The Morgan fingerprint density at radius 2 is 1.22 bits per heavy atom. The molecule has 2 atom stereocenters. The van der Waals surface area contributed by atoms with Crippen LogP contribution in [-0.4, -0.2) is 8.07 Å². The van der Waals surface area contributed by atoms with Gasteiger partial charge in [-0.25, -0.2) is 0 Å². The van der Waals surface area contributed by atoms with Crippen molar-refractivity contribution >= 4 is 30.1 Å². The molecule has 200 valence electrons. The fourth-order valence-electron chi connectivity index (χ4n) is 7.65. The van der Waals surface area contributed by atoms with E-state index in [0.717, 1.165) is 5.76 Å². The Balaban J connectivity index is 1.62. The Morgan fingerprint density at radius 3 is 1.78 bits per heavy atom. The third kappa shape index (κ3) is 3.97. The second kappa shape index (κ2) is 10.2. The van der Waals surface area contributed by atoms with Crippen LogP contribution in [0.2, 0.25) is 5.54 Å². The molecule has 1 aromatic heterocycles. The molecule has 0 saturated heterocycles. The van der Waals surface area contributed by atoms with E-state index >= 15 is 0 Å². The standard InChI is InChI=1S/C39H34OSi/c1-27-25-28(2)38(29(27)3)41(31-17-9-5-10-18-31,32-19-11-6-12-20-32)39-34-22-13-21-33(30-15-7-4-8-16-30)35(34)26-36(39)37-23-14-24-40-37/h4-26,38-39H,1-3H3. The van der Waals surface area contributed by atoms with E-state index in [1.165, 1.54) is 54.9 Å². The SMILES string of the molecule is CC1=CC(C)=C(C)C1[Si](c1ccccc1)(c1ccccc1)C1C(c2ccco2)=Cc2c(-c3ccccc3)cccc21. The van der Waals surface area contributed by atoms with E-state index in [4.69, 9.17) is 4.42 Å². The summed E-state index contributed by atoms with van der Waals surface area (Å²) in [4.78, 5) is 0. The van der Waals surface area contributed by atoms with Crippen molar-refractivity contribution in [2.75, 3.05) is 0 Å². The number of allylic oxidation sites excluding steroid dienone is 5. The fourth-order valence-corrected chi connectivity index (χ4v) is 14.3. The minimum atomic E-state index is -2.70. The van der Waals surface area contributed by atoms with Gasteiger partial charge in [0.1, 0.15) is 13.8 Å². The molecule has 2 unspecified atom stereocenters. The predicted octanol–water partition coefficient (Wildman–Crippen LogP) is 9.05. The van der Waals surface area contributed by atoms with Crippen LogP contribution >= 0.6 is 0 Å². The second-order valence-electron chi connectivity index (χ2n) is 11.5. The molecule has 0 N–H and O–H groups in total. The molecule has 4 aromatic carbocycles. The molecular formula is C39H34OSi. The van der Waals surface area contributed by atoms with Crippen LogP contribution in [0.4, 0.5) is 0 Å². The molecule has 2 aliphatic carbocycles. The number of fused-ring (bicyclic) bond motifs is 1. The lowest BCUT2D eigenvalue weighted by Crippen LogP contribution is -2.66. The van der Waals surface area contributed by atoms with Gasteiger partial charge in [-0.1, -0.05) is 142 Å². The molecule has 41 heavy (non-hydrogen) atoms. The summed E-state index contributed by atoms with van der Waals surface area (Å²) in [6.45, 7) is 7.01. The lowest BCUT2D eigenvalue weighted by Gasteiger charge is -2.46. The van der Waals surface area contributed by atoms with E-state index in [0.29, 0.717) is 5.54 Å². The van der Waals surface area contributed by atoms with Gasteiger partial charge >= 0.3 is 0 Å². The maximum Gasteiger partial charge on any atom is 0.140 e. The van der Waals surface area contributed by atoms with Crippen molar-refractivity contribution in [1.29, 1.82) is 0 Å². The number of furan rings is 1. The van der Waals surface area contributed by atoms with E-state index in [-0.39, 0.29) is 5.54 Å². The zero-order valence-corrected chi connectivity index (χ0v) is 24.8. The van der Waals surface area contributed by atoms with E-state index in [1.807, 2.05) is 12.3 Å². The lowest BCUT2D eigenvalue weighted by molar-refractivity contribution is 0.551. The Labute approximate surface area is 244 Å². The molecule has 0 spiro atoms. The Hall–Kier alpha value is -4.40. The molecule has 0 saturated carbocycles. The zero-order chi connectivity index (χ0) is 28.0. The van der Waals surface area contributed by atoms with Gasteiger partial charge in [-0.2, -0.15) is 0 Å². The number of benzene rings is 4. The van der Waals surface area contributed by atoms with Gasteiger partial charge < -0.3 is 4.42 Å². The highest BCUT2D eigenvalue weighted by Crippen LogP contribution is 2.56. The summed E-state index contributed by atoms with van der Waals surface area (Å²) in [6.07, 6.45) is 6.69. The molecule has 1 heterocycles. The maximum absolute atomic E-state index is 6.26. The molecule has 2 aliphatic rings. The summed E-state index contributed by atoms with van der Waals surface area (Å²) in [5.41, 5.74) is 11.4. The highest BCUT2D eigenvalue weighted by Gasteiger charge is 2.56. The first-order chi connectivity index (χ1) is 20.1. The molecule has 0 amide bonds. The predicted molar refractivity (Wildman–Crippen MR) is 175 cm³/mol. The quantitative estimate of drug-likeness (QED) is 0.194. The largest absolute Gasteiger partial charge is 0.465 e. The van der Waals surface area contributed by atoms with Gasteiger partial charge in [0.15, 0.2) is 0 Å². The number of hydrogen-bond acceptors (Lipinski definition) is 1. The molecule has 0 aliphatic heterocycles. The van der Waals surface area contributed by atoms with Crippen LogP contribution in [0.3, 0.4) is 0 Å². The van der Waals surface area contributed by atoms with Crippen molar-refractivity contribution in [3.8, 4) is 11.1 Å². The minimum absolute atomic E-state index is 0.159. The highest BCUT2D eigenvalue weighted by molar-refractivity contribution is 7.06. The van der Waals surface area contributed by atoms with Crippen LogP contribution in [0, 0.1) is 0 Å². The van der Waals surface area contributed by atoms with Crippen LogP contribution < -0.4 is 10.4 Å². The van der Waals surface area contributed by atoms with Gasteiger partial charge in [-0.15, -0.1) is 0 Å². The lowest BCUT2D eigenvalue weighted by atomic mass is 9.97. The van der Waals surface area contributed by atoms with E-state index in [9.17, 15) is 0 Å². The molecule has 0 bridgehead atoms. The zero-order valence-electron chi connectivity index (χ0n) is 23.8. The summed E-state index contributed by atoms with van der Waals surface area (Å²) < 4.78 is 6.26. The minimum Gasteiger partial charge on any atom is -0.465 e. The average Bonchev–Trinajstić information content (AvgIpc) is 3.75. The normalized spacial score (nSPS) is 18.3. The van der Waals surface area contributed by atoms with Crippen molar-refractivity contribution in [2.24, 2.45) is 0 Å². The number of rotatable bonds is 6. The van der Waals surface area contributed by atoms with Crippen LogP contribution in [0.15, 0.2) is 155 Å². The topological polar surface area (TPSA) is 13.1 Å². The van der Waals surface area contributed by atoms with Crippen molar-refractivity contribution < 1.29 is 4.42 Å². The van der Waals surface area contributed by atoms with Crippen LogP contribution in [0.25, 0.3) is 22.8 Å². The second-order valence-corrected chi connectivity index (χ2v) is 15.5. The molecule has 5 aromatic rings. The molecule has 7 rings (SSSR count). The Morgan fingerprint density at radius 1 is 0.585 bits per heavy atom. The highest BCUT2D eigenvalue weighted by atomic mass is 28.3. The summed E-state index contributed by atoms with van der Waals surface area (Å²) in [5, 5.41) is 2.91. The fraction of sp³-hybridized carbons (Fsp3) is 0.128. The monoisotopic (exact) mass is 546 g/mol. The van der Waals surface area contributed by atoms with Gasteiger partial charge in [-0.3, -0.25) is 0 Å². The Bertz CT molecular complexity index is 1750. The van der Waals surface area contributed by atoms with Crippen molar-refractivity contribution in [3.63, 3.8) is 0 Å². The molecule has 0 radical (unpaired) electrons. The van der Waals surface area contributed by atoms with Gasteiger partial charge in [0, 0.05) is 16.7 Å². The number of hydrogen-bond donors (Lipinski definition) is 0. The third-order valence-corrected chi connectivity index (χ3v) is 15.2. The van der Waals surface area contributed by atoms with Crippen LogP contribution in [0.5, 0.6) is 0 Å². The van der Waals surface area contributed by atoms with Crippen molar-refractivity contribution in [2.45, 2.75) is 31.9 Å².